The van der Waals surface area contributed by atoms with Crippen LogP contribution in [0.5, 0.6) is 0 Å². The molecule has 1 spiro atoms. The molecule has 2 aliphatic rings. The summed E-state index contributed by atoms with van der Waals surface area (Å²) >= 11 is 1.91. The monoisotopic (exact) mass is 382 g/mol. The Labute approximate surface area is 166 Å². The summed E-state index contributed by atoms with van der Waals surface area (Å²) in [5.41, 5.74) is 1.66. The minimum Gasteiger partial charge on any atom is -0.356 e. The highest BCUT2D eigenvalue weighted by atomic mass is 32.1. The van der Waals surface area contributed by atoms with Crippen LogP contribution in [0.15, 0.2) is 42.5 Å². The van der Waals surface area contributed by atoms with Gasteiger partial charge in [0.2, 0.25) is 5.91 Å². The van der Waals surface area contributed by atoms with E-state index in [0.29, 0.717) is 11.3 Å². The molecule has 2 heterocycles. The Balaban J connectivity index is 1.16. The van der Waals surface area contributed by atoms with E-state index >= 15 is 0 Å². The number of hydrogen-bond acceptors (Lipinski definition) is 3. The number of carbonyl (C=O) groups is 1. The molecule has 1 saturated carbocycles. The lowest BCUT2D eigenvalue weighted by Gasteiger charge is -2.32. The van der Waals surface area contributed by atoms with Crippen molar-refractivity contribution in [2.75, 3.05) is 19.6 Å². The van der Waals surface area contributed by atoms with Gasteiger partial charge in [-0.1, -0.05) is 30.3 Å². The number of thiophene rings is 1. The van der Waals surface area contributed by atoms with E-state index in [1.54, 1.807) is 0 Å². The molecule has 1 aliphatic heterocycles. The van der Waals surface area contributed by atoms with E-state index in [1.807, 2.05) is 17.4 Å². The fourth-order valence-corrected chi connectivity index (χ4v) is 5.42. The third kappa shape index (κ3) is 4.61. The van der Waals surface area contributed by atoms with Crippen LogP contribution in [0, 0.1) is 18.3 Å². The number of aryl methyl sites for hydroxylation is 2. The molecule has 1 amide bonds. The SMILES string of the molecule is Cc1ccc(CN2CCC3(CC2)C[C@H]3C(=O)NCCCc2ccccc2)s1. The summed E-state index contributed by atoms with van der Waals surface area (Å²) in [5.74, 6) is 0.561. The van der Waals surface area contributed by atoms with Crippen LogP contribution in [0.2, 0.25) is 0 Å². The molecule has 2 fully saturated rings. The molecule has 0 radical (unpaired) electrons. The maximum absolute atomic E-state index is 12.5. The molecule has 0 unspecified atom stereocenters. The highest BCUT2D eigenvalue weighted by Gasteiger charge is 2.58. The van der Waals surface area contributed by atoms with Gasteiger partial charge in [0.15, 0.2) is 0 Å². The molecule has 27 heavy (non-hydrogen) atoms. The lowest BCUT2D eigenvalue weighted by molar-refractivity contribution is -0.123. The van der Waals surface area contributed by atoms with Gasteiger partial charge < -0.3 is 5.32 Å². The van der Waals surface area contributed by atoms with Crippen LogP contribution >= 0.6 is 11.3 Å². The van der Waals surface area contributed by atoms with Gasteiger partial charge >= 0.3 is 0 Å². The van der Waals surface area contributed by atoms with Crippen LogP contribution in [0.3, 0.4) is 0 Å². The number of benzene rings is 1. The Hall–Kier alpha value is -1.65. The maximum Gasteiger partial charge on any atom is 0.223 e. The average Bonchev–Trinajstić information content (AvgIpc) is 3.24. The van der Waals surface area contributed by atoms with Crippen molar-refractivity contribution in [1.82, 2.24) is 10.2 Å². The number of likely N-dealkylation sites (tertiary alicyclic amines) is 1. The van der Waals surface area contributed by atoms with Gasteiger partial charge in [-0.2, -0.15) is 0 Å². The van der Waals surface area contributed by atoms with Crippen LogP contribution in [-0.4, -0.2) is 30.4 Å². The minimum atomic E-state index is 0.264. The van der Waals surface area contributed by atoms with E-state index in [0.717, 1.165) is 45.4 Å². The molecule has 1 aliphatic carbocycles. The largest absolute Gasteiger partial charge is 0.356 e. The summed E-state index contributed by atoms with van der Waals surface area (Å²) in [5, 5.41) is 3.19. The number of amides is 1. The van der Waals surface area contributed by atoms with Crippen molar-refractivity contribution in [3.05, 3.63) is 57.8 Å². The molecule has 1 atom stereocenters. The molecule has 1 saturated heterocycles. The lowest BCUT2D eigenvalue weighted by Crippen LogP contribution is -2.36. The van der Waals surface area contributed by atoms with Crippen LogP contribution < -0.4 is 5.32 Å². The van der Waals surface area contributed by atoms with Crippen molar-refractivity contribution in [2.24, 2.45) is 11.3 Å². The zero-order valence-electron chi connectivity index (χ0n) is 16.2. The Bertz CT molecular complexity index is 762. The Morgan fingerprint density at radius 1 is 1.19 bits per heavy atom. The van der Waals surface area contributed by atoms with Crippen LogP contribution in [0.4, 0.5) is 0 Å². The number of rotatable bonds is 7. The molecule has 1 aromatic carbocycles. The van der Waals surface area contributed by atoms with Gasteiger partial charge in [0.25, 0.3) is 0 Å². The first kappa shape index (κ1) is 18.7. The van der Waals surface area contributed by atoms with Crippen molar-refractivity contribution in [2.45, 2.75) is 45.6 Å². The van der Waals surface area contributed by atoms with Crippen LogP contribution in [0.25, 0.3) is 0 Å². The molecule has 4 rings (SSSR count). The Morgan fingerprint density at radius 3 is 2.67 bits per heavy atom. The lowest BCUT2D eigenvalue weighted by atomic mass is 9.90. The number of hydrogen-bond donors (Lipinski definition) is 1. The third-order valence-electron chi connectivity index (χ3n) is 6.32. The molecule has 1 aromatic heterocycles. The van der Waals surface area contributed by atoms with E-state index in [9.17, 15) is 4.79 Å². The van der Waals surface area contributed by atoms with E-state index in [2.05, 4.69) is 53.5 Å². The summed E-state index contributed by atoms with van der Waals surface area (Å²) in [4.78, 5) is 18.0. The van der Waals surface area contributed by atoms with Gasteiger partial charge in [-0.25, -0.2) is 0 Å². The number of piperidine rings is 1. The fraction of sp³-hybridized carbons (Fsp3) is 0.522. The van der Waals surface area contributed by atoms with E-state index in [4.69, 9.17) is 0 Å². The molecular weight excluding hydrogens is 352 g/mol. The number of nitrogens with zero attached hydrogens (tertiary/aromatic N) is 1. The first-order chi connectivity index (χ1) is 13.1. The smallest absolute Gasteiger partial charge is 0.223 e. The van der Waals surface area contributed by atoms with Crippen molar-refractivity contribution >= 4 is 17.2 Å². The second-order valence-electron chi connectivity index (χ2n) is 8.29. The summed E-state index contributed by atoms with van der Waals surface area (Å²) in [6.45, 7) is 6.31. The highest BCUT2D eigenvalue weighted by molar-refractivity contribution is 7.11. The normalized spacial score (nSPS) is 21.3. The molecular formula is C23H30N2OS. The second-order valence-corrected chi connectivity index (χ2v) is 9.66. The minimum absolute atomic E-state index is 0.264. The molecule has 2 aromatic rings. The predicted octanol–water partition coefficient (Wildman–Crippen LogP) is 4.41. The molecule has 144 valence electrons. The third-order valence-corrected chi connectivity index (χ3v) is 7.30. The first-order valence-corrected chi connectivity index (χ1v) is 11.1. The van der Waals surface area contributed by atoms with E-state index in [1.165, 1.54) is 28.2 Å². The maximum atomic E-state index is 12.5. The summed E-state index contributed by atoms with van der Waals surface area (Å²) in [6, 6.07) is 15.0. The first-order valence-electron chi connectivity index (χ1n) is 10.2. The molecule has 1 N–H and O–H groups in total. The number of carbonyl (C=O) groups excluding carboxylic acids is 1. The zero-order valence-corrected chi connectivity index (χ0v) is 17.1. The van der Waals surface area contributed by atoms with Gasteiger partial charge in [0, 0.05) is 28.8 Å². The number of nitrogens with one attached hydrogen (secondary N) is 1. The zero-order chi connectivity index (χ0) is 18.7. The van der Waals surface area contributed by atoms with Gasteiger partial charge in [-0.05, 0) is 75.2 Å². The average molecular weight is 383 g/mol. The summed E-state index contributed by atoms with van der Waals surface area (Å²) in [7, 11) is 0. The topological polar surface area (TPSA) is 32.3 Å². The van der Waals surface area contributed by atoms with Crippen LogP contribution in [-0.2, 0) is 17.8 Å². The second kappa shape index (κ2) is 8.15. The fourth-order valence-electron chi connectivity index (χ4n) is 4.49. The summed E-state index contributed by atoms with van der Waals surface area (Å²) in [6.07, 6.45) is 5.51. The van der Waals surface area contributed by atoms with Crippen molar-refractivity contribution < 1.29 is 4.79 Å². The van der Waals surface area contributed by atoms with Crippen molar-refractivity contribution in [3.63, 3.8) is 0 Å². The Morgan fingerprint density at radius 2 is 1.96 bits per heavy atom. The van der Waals surface area contributed by atoms with Crippen LogP contribution in [0.1, 0.15) is 41.0 Å². The van der Waals surface area contributed by atoms with Crippen molar-refractivity contribution in [3.8, 4) is 0 Å². The molecule has 3 nitrogen and oxygen atoms in total. The standard InChI is InChI=1S/C23H30N2OS/c1-18-9-10-20(27-18)17-25-14-11-23(12-15-25)16-21(23)22(26)24-13-5-8-19-6-3-2-4-7-19/h2-4,6-7,9-10,21H,5,8,11-17H2,1H3,(H,24,26)/t21-/m0/s1. The van der Waals surface area contributed by atoms with Gasteiger partial charge in [-0.15, -0.1) is 11.3 Å². The highest BCUT2D eigenvalue weighted by Crippen LogP contribution is 2.59. The molecule has 4 heteroatoms. The van der Waals surface area contributed by atoms with Gasteiger partial charge in [-0.3, -0.25) is 9.69 Å². The predicted molar refractivity (Wildman–Crippen MR) is 112 cm³/mol. The van der Waals surface area contributed by atoms with E-state index < -0.39 is 0 Å². The Kier molecular flexibility index (Phi) is 5.65. The quantitative estimate of drug-likeness (QED) is 0.720. The summed E-state index contributed by atoms with van der Waals surface area (Å²) < 4.78 is 0. The molecule has 0 bridgehead atoms. The van der Waals surface area contributed by atoms with Gasteiger partial charge in [0.1, 0.15) is 0 Å². The van der Waals surface area contributed by atoms with E-state index in [-0.39, 0.29) is 5.92 Å². The van der Waals surface area contributed by atoms with Crippen molar-refractivity contribution in [1.29, 1.82) is 0 Å². The van der Waals surface area contributed by atoms with Gasteiger partial charge in [0.05, 0.1) is 0 Å².